The van der Waals surface area contributed by atoms with Crippen LogP contribution in [0.1, 0.15) is 0 Å². The summed E-state index contributed by atoms with van der Waals surface area (Å²) in [6, 6.07) is 7.62. The minimum atomic E-state index is -0.517. The molecule has 1 N–H and O–H groups in total. The Labute approximate surface area is 187 Å². The number of hydrogen-bond donors (Lipinski definition) is 1. The molecule has 0 amide bonds. The van der Waals surface area contributed by atoms with Gasteiger partial charge in [-0.2, -0.15) is 0 Å². The Balaban J connectivity index is 1.23. The van der Waals surface area contributed by atoms with E-state index in [4.69, 9.17) is 0 Å². The van der Waals surface area contributed by atoms with Crippen LogP contribution in [0.15, 0.2) is 47.5 Å². The van der Waals surface area contributed by atoms with Crippen LogP contribution in [0.4, 0.5) is 20.7 Å². The molecule has 1 aromatic carbocycles. The summed E-state index contributed by atoms with van der Waals surface area (Å²) in [7, 11) is 3.59. The molecule has 0 spiro atoms. The van der Waals surface area contributed by atoms with Crippen molar-refractivity contribution in [2.75, 3.05) is 29.9 Å². The van der Waals surface area contributed by atoms with E-state index in [1.165, 1.54) is 35.0 Å². The molecule has 3 atom stereocenters. The molecule has 8 nitrogen and oxygen atoms in total. The zero-order valence-electron chi connectivity index (χ0n) is 18.0. The van der Waals surface area contributed by atoms with Gasteiger partial charge in [0.15, 0.2) is 5.82 Å². The predicted molar refractivity (Wildman–Crippen MR) is 120 cm³/mol. The molecule has 1 saturated carbocycles. The first-order valence-electron chi connectivity index (χ1n) is 10.7. The smallest absolute Gasteiger partial charge is 0.255 e. The van der Waals surface area contributed by atoms with E-state index in [0.29, 0.717) is 29.0 Å². The van der Waals surface area contributed by atoms with Gasteiger partial charge in [0.2, 0.25) is 11.9 Å². The summed E-state index contributed by atoms with van der Waals surface area (Å²) in [6.07, 6.45) is 2.59. The van der Waals surface area contributed by atoms with Crippen molar-refractivity contribution < 1.29 is 8.78 Å². The van der Waals surface area contributed by atoms with Crippen LogP contribution in [0.2, 0.25) is 0 Å². The minimum absolute atomic E-state index is 0.221. The average molecular weight is 449 g/mol. The highest BCUT2D eigenvalue weighted by molar-refractivity contribution is 5.77. The molecule has 4 heterocycles. The van der Waals surface area contributed by atoms with Gasteiger partial charge in [-0.15, -0.1) is 0 Å². The average Bonchev–Trinajstić information content (AvgIpc) is 3.12. The van der Waals surface area contributed by atoms with Gasteiger partial charge in [0.25, 0.3) is 5.56 Å². The summed E-state index contributed by atoms with van der Waals surface area (Å²) >= 11 is 0. The maximum atomic E-state index is 14.2. The van der Waals surface area contributed by atoms with E-state index >= 15 is 0 Å². The van der Waals surface area contributed by atoms with E-state index in [0.717, 1.165) is 30.8 Å². The molecule has 10 heteroatoms. The van der Waals surface area contributed by atoms with Gasteiger partial charge in [-0.05, 0) is 18.2 Å². The fourth-order valence-electron chi connectivity index (χ4n) is 5.05. The number of H-pyrrole nitrogens is 1. The molecule has 6 rings (SSSR count). The van der Waals surface area contributed by atoms with Crippen molar-refractivity contribution >= 4 is 22.9 Å². The van der Waals surface area contributed by atoms with Crippen molar-refractivity contribution in [3.8, 4) is 11.3 Å². The highest BCUT2D eigenvalue weighted by atomic mass is 19.1. The number of nitrogens with one attached hydrogen (secondary N) is 1. The van der Waals surface area contributed by atoms with Crippen LogP contribution in [0.5, 0.6) is 0 Å². The summed E-state index contributed by atoms with van der Waals surface area (Å²) in [4.78, 5) is 33.0. The first-order valence-corrected chi connectivity index (χ1v) is 10.7. The maximum absolute atomic E-state index is 14.2. The van der Waals surface area contributed by atoms with E-state index in [-0.39, 0.29) is 23.0 Å². The number of piperidine rings is 1. The van der Waals surface area contributed by atoms with Crippen LogP contribution in [0.25, 0.3) is 22.3 Å². The monoisotopic (exact) mass is 449 g/mol. The van der Waals surface area contributed by atoms with Crippen LogP contribution in [-0.4, -0.2) is 50.7 Å². The largest absolute Gasteiger partial charge is 0.342 e. The molecule has 0 bridgehead atoms. The highest BCUT2D eigenvalue weighted by Crippen LogP contribution is 2.50. The van der Waals surface area contributed by atoms with Crippen molar-refractivity contribution in [1.82, 2.24) is 24.5 Å². The topological polar surface area (TPSA) is 82.9 Å². The van der Waals surface area contributed by atoms with E-state index in [9.17, 15) is 13.6 Å². The number of hydrogen-bond acceptors (Lipinski definition) is 6. The van der Waals surface area contributed by atoms with Crippen molar-refractivity contribution in [3.05, 3.63) is 64.7 Å². The van der Waals surface area contributed by atoms with Gasteiger partial charge >= 0.3 is 0 Å². The van der Waals surface area contributed by atoms with Crippen molar-refractivity contribution in [3.63, 3.8) is 0 Å². The Morgan fingerprint density at radius 1 is 1.12 bits per heavy atom. The zero-order chi connectivity index (χ0) is 22.9. The van der Waals surface area contributed by atoms with E-state index in [2.05, 4.69) is 24.8 Å². The number of benzene rings is 1. The SMILES string of the molecule is CN(c1nc(-c2ccncc2F)cc(=O)n1C)[C@H]1[C@@H]2CN(c3nc4cc(F)ccc4[nH]3)C[C@@H]21. The molecular weight excluding hydrogens is 428 g/mol. The second kappa shape index (κ2) is 7.09. The van der Waals surface area contributed by atoms with Gasteiger partial charge in [0.05, 0.1) is 22.9 Å². The van der Waals surface area contributed by atoms with Gasteiger partial charge in [0.1, 0.15) is 5.82 Å². The highest BCUT2D eigenvalue weighted by Gasteiger charge is 2.58. The van der Waals surface area contributed by atoms with Gasteiger partial charge < -0.3 is 14.8 Å². The second-order valence-electron chi connectivity index (χ2n) is 8.75. The summed E-state index contributed by atoms with van der Waals surface area (Å²) in [6.45, 7) is 1.60. The quantitative estimate of drug-likeness (QED) is 0.516. The molecule has 33 heavy (non-hydrogen) atoms. The van der Waals surface area contributed by atoms with Crippen LogP contribution in [0, 0.1) is 23.5 Å². The molecule has 0 radical (unpaired) electrons. The standard InChI is InChI=1S/C23H21F2N7O/c1-30-20(33)8-18(13-5-6-26-9-16(13)25)29-23(30)31(2)21-14-10-32(11-15(14)21)22-27-17-4-3-12(24)7-19(17)28-22/h3-9,14-15,21H,10-11H2,1-2H3,(H,27,28)/t14-,15+,21+. The summed E-state index contributed by atoms with van der Waals surface area (Å²) in [5.41, 5.74) is 1.71. The Morgan fingerprint density at radius 3 is 2.67 bits per heavy atom. The summed E-state index contributed by atoms with van der Waals surface area (Å²) in [5.74, 6) is 1.19. The normalized spacial score (nSPS) is 21.5. The number of aromatic nitrogens is 5. The lowest BCUT2D eigenvalue weighted by molar-refractivity contribution is 0.623. The number of fused-ring (bicyclic) bond motifs is 2. The van der Waals surface area contributed by atoms with Gasteiger partial charge in [-0.25, -0.2) is 18.7 Å². The van der Waals surface area contributed by atoms with E-state index in [1.54, 1.807) is 13.1 Å². The lowest BCUT2D eigenvalue weighted by Gasteiger charge is -2.26. The number of aromatic amines is 1. The third-order valence-corrected chi connectivity index (χ3v) is 6.80. The summed E-state index contributed by atoms with van der Waals surface area (Å²) < 4.78 is 29.2. The summed E-state index contributed by atoms with van der Waals surface area (Å²) in [5, 5.41) is 0. The third kappa shape index (κ3) is 3.16. The van der Waals surface area contributed by atoms with Gasteiger partial charge in [-0.3, -0.25) is 14.3 Å². The Kier molecular flexibility index (Phi) is 4.26. The van der Waals surface area contributed by atoms with Crippen molar-refractivity contribution in [2.45, 2.75) is 6.04 Å². The Hall–Kier alpha value is -3.82. The van der Waals surface area contributed by atoms with Crippen LogP contribution >= 0.6 is 0 Å². The van der Waals surface area contributed by atoms with Crippen LogP contribution < -0.4 is 15.4 Å². The molecule has 1 saturated heterocycles. The molecule has 2 fully saturated rings. The number of halogens is 2. The van der Waals surface area contributed by atoms with Crippen LogP contribution in [0.3, 0.4) is 0 Å². The van der Waals surface area contributed by atoms with Crippen molar-refractivity contribution in [1.29, 1.82) is 0 Å². The zero-order valence-corrected chi connectivity index (χ0v) is 18.0. The molecular formula is C23H21F2N7O. The number of rotatable bonds is 4. The van der Waals surface area contributed by atoms with Crippen molar-refractivity contribution in [2.24, 2.45) is 18.9 Å². The first-order chi connectivity index (χ1) is 15.9. The van der Waals surface area contributed by atoms with E-state index < -0.39 is 5.82 Å². The number of imidazole rings is 1. The second-order valence-corrected chi connectivity index (χ2v) is 8.75. The first kappa shape index (κ1) is 19.8. The predicted octanol–water partition coefficient (Wildman–Crippen LogP) is 2.57. The number of nitrogens with zero attached hydrogens (tertiary/aromatic N) is 6. The molecule has 168 valence electrons. The number of pyridine rings is 1. The maximum Gasteiger partial charge on any atom is 0.255 e. The molecule has 3 aromatic heterocycles. The molecule has 2 aliphatic rings. The fourth-order valence-corrected chi connectivity index (χ4v) is 5.05. The lowest BCUT2D eigenvalue weighted by atomic mass is 10.2. The molecule has 1 aliphatic carbocycles. The number of anilines is 2. The Morgan fingerprint density at radius 2 is 1.91 bits per heavy atom. The lowest BCUT2D eigenvalue weighted by Crippen LogP contribution is -2.36. The van der Waals surface area contributed by atoms with Gasteiger partial charge in [0, 0.05) is 69.0 Å². The molecule has 1 aliphatic heterocycles. The Bertz CT molecular complexity index is 1440. The van der Waals surface area contributed by atoms with E-state index in [1.807, 2.05) is 11.9 Å². The van der Waals surface area contributed by atoms with Crippen LogP contribution in [-0.2, 0) is 7.05 Å². The molecule has 4 aromatic rings. The minimum Gasteiger partial charge on any atom is -0.342 e. The molecule has 0 unspecified atom stereocenters. The fraction of sp³-hybridized carbons (Fsp3) is 0.304. The van der Waals surface area contributed by atoms with Gasteiger partial charge in [-0.1, -0.05) is 0 Å². The third-order valence-electron chi connectivity index (χ3n) is 6.80.